The number of ketones is 1. The number of hydrogen-bond donors (Lipinski definition) is 0. The lowest BCUT2D eigenvalue weighted by Crippen LogP contribution is -2.01. The first-order valence-electron chi connectivity index (χ1n) is 4.14. The molecular formula is C10H9F3O2. The molecule has 0 bridgehead atoms. The van der Waals surface area contributed by atoms with Crippen LogP contribution in [0.5, 0.6) is 5.75 Å². The van der Waals surface area contributed by atoms with E-state index in [-0.39, 0.29) is 11.3 Å². The quantitative estimate of drug-likeness (QED) is 0.729. The van der Waals surface area contributed by atoms with Gasteiger partial charge < -0.3 is 4.74 Å². The zero-order valence-corrected chi connectivity index (χ0v) is 8.18. The molecule has 1 aromatic rings. The van der Waals surface area contributed by atoms with Gasteiger partial charge in [-0.15, -0.1) is 0 Å². The smallest absolute Gasteiger partial charge is 0.266 e. The summed E-state index contributed by atoms with van der Waals surface area (Å²) in [6.45, 7) is 1.21. The maximum atomic E-state index is 13.3. The molecule has 0 fully saturated rings. The van der Waals surface area contributed by atoms with Crippen molar-refractivity contribution in [1.29, 1.82) is 0 Å². The first kappa shape index (κ1) is 11.6. The van der Waals surface area contributed by atoms with Gasteiger partial charge in [0.25, 0.3) is 6.43 Å². The summed E-state index contributed by atoms with van der Waals surface area (Å²) in [5.74, 6) is -1.90. The zero-order valence-electron chi connectivity index (χ0n) is 8.18. The molecule has 0 N–H and O–H groups in total. The highest BCUT2D eigenvalue weighted by Gasteiger charge is 2.19. The molecule has 82 valence electrons. The Morgan fingerprint density at radius 2 is 2.00 bits per heavy atom. The van der Waals surface area contributed by atoms with Gasteiger partial charge in [0, 0.05) is 5.56 Å². The molecule has 0 saturated carbocycles. The van der Waals surface area contributed by atoms with E-state index in [1.165, 1.54) is 6.92 Å². The maximum absolute atomic E-state index is 13.3. The van der Waals surface area contributed by atoms with Gasteiger partial charge in [-0.3, -0.25) is 4.79 Å². The number of benzene rings is 1. The Kier molecular flexibility index (Phi) is 3.34. The van der Waals surface area contributed by atoms with E-state index in [1.807, 2.05) is 0 Å². The number of carbonyl (C=O) groups is 1. The number of hydrogen-bond acceptors (Lipinski definition) is 2. The summed E-state index contributed by atoms with van der Waals surface area (Å²) in [6, 6.07) is 1.94. The molecule has 0 atom stereocenters. The SMILES string of the molecule is COc1cc(C(C)=O)cc(C(F)F)c1F. The lowest BCUT2D eigenvalue weighted by Gasteiger charge is -2.08. The summed E-state index contributed by atoms with van der Waals surface area (Å²) < 4.78 is 42.6. The fourth-order valence-electron chi connectivity index (χ4n) is 1.13. The van der Waals surface area contributed by atoms with Gasteiger partial charge in [-0.05, 0) is 19.1 Å². The van der Waals surface area contributed by atoms with Crippen LogP contribution in [0.3, 0.4) is 0 Å². The van der Waals surface area contributed by atoms with Crippen LogP contribution in [-0.2, 0) is 0 Å². The third kappa shape index (κ3) is 2.29. The molecule has 0 saturated heterocycles. The number of halogens is 3. The number of methoxy groups -OCH3 is 1. The second-order valence-electron chi connectivity index (χ2n) is 2.94. The summed E-state index contributed by atoms with van der Waals surface area (Å²) >= 11 is 0. The van der Waals surface area contributed by atoms with E-state index >= 15 is 0 Å². The number of alkyl halides is 2. The van der Waals surface area contributed by atoms with Crippen LogP contribution in [0.2, 0.25) is 0 Å². The molecule has 15 heavy (non-hydrogen) atoms. The minimum atomic E-state index is -2.97. The number of rotatable bonds is 3. The largest absolute Gasteiger partial charge is 0.494 e. The molecule has 0 aliphatic carbocycles. The molecule has 0 aliphatic heterocycles. The van der Waals surface area contributed by atoms with E-state index in [1.54, 1.807) is 0 Å². The van der Waals surface area contributed by atoms with Gasteiger partial charge in [0.1, 0.15) is 0 Å². The van der Waals surface area contributed by atoms with Crippen molar-refractivity contribution in [1.82, 2.24) is 0 Å². The van der Waals surface area contributed by atoms with Crippen molar-refractivity contribution in [2.45, 2.75) is 13.3 Å². The Hall–Kier alpha value is -1.52. The van der Waals surface area contributed by atoms with Crippen LogP contribution < -0.4 is 4.74 Å². The Morgan fingerprint density at radius 3 is 2.40 bits per heavy atom. The Morgan fingerprint density at radius 1 is 1.40 bits per heavy atom. The highest BCUT2D eigenvalue weighted by Crippen LogP contribution is 2.30. The average Bonchev–Trinajstić information content (AvgIpc) is 2.17. The molecule has 1 aromatic carbocycles. The van der Waals surface area contributed by atoms with Crippen molar-refractivity contribution in [2.24, 2.45) is 0 Å². The summed E-state index contributed by atoms with van der Waals surface area (Å²) in [5.41, 5.74) is -0.817. The Labute approximate surface area is 84.7 Å². The Balaban J connectivity index is 3.38. The van der Waals surface area contributed by atoms with Gasteiger partial charge in [-0.25, -0.2) is 13.2 Å². The van der Waals surface area contributed by atoms with Crippen LogP contribution in [-0.4, -0.2) is 12.9 Å². The van der Waals surface area contributed by atoms with Gasteiger partial charge in [-0.2, -0.15) is 0 Å². The van der Waals surface area contributed by atoms with Crippen LogP contribution >= 0.6 is 0 Å². The molecular weight excluding hydrogens is 209 g/mol. The monoisotopic (exact) mass is 218 g/mol. The first-order chi connectivity index (χ1) is 6.97. The van der Waals surface area contributed by atoms with Crippen LogP contribution in [0.4, 0.5) is 13.2 Å². The minimum Gasteiger partial charge on any atom is -0.494 e. The highest BCUT2D eigenvalue weighted by atomic mass is 19.3. The fourth-order valence-corrected chi connectivity index (χ4v) is 1.13. The van der Waals surface area contributed by atoms with Crippen LogP contribution in [0.1, 0.15) is 29.3 Å². The van der Waals surface area contributed by atoms with Crippen LogP contribution in [0, 0.1) is 5.82 Å². The standard InChI is InChI=1S/C10H9F3O2/c1-5(14)6-3-7(10(12)13)9(11)8(4-6)15-2/h3-4,10H,1-2H3. The molecule has 5 heteroatoms. The van der Waals surface area contributed by atoms with E-state index in [2.05, 4.69) is 4.74 Å². The number of ether oxygens (including phenoxy) is 1. The van der Waals surface area contributed by atoms with Gasteiger partial charge >= 0.3 is 0 Å². The van der Waals surface area contributed by atoms with E-state index in [4.69, 9.17) is 0 Å². The first-order valence-corrected chi connectivity index (χ1v) is 4.14. The van der Waals surface area contributed by atoms with E-state index in [0.29, 0.717) is 0 Å². The highest BCUT2D eigenvalue weighted by molar-refractivity contribution is 5.94. The van der Waals surface area contributed by atoms with Crippen molar-refractivity contribution in [3.05, 3.63) is 29.1 Å². The summed E-state index contributed by atoms with van der Waals surface area (Å²) in [4.78, 5) is 11.0. The Bertz CT molecular complexity index is 388. The summed E-state index contributed by atoms with van der Waals surface area (Å²) in [6.07, 6.45) is -2.97. The fraction of sp³-hybridized carbons (Fsp3) is 0.300. The molecule has 0 aliphatic rings. The molecule has 0 spiro atoms. The van der Waals surface area contributed by atoms with Gasteiger partial charge in [0.2, 0.25) is 0 Å². The van der Waals surface area contributed by atoms with Crippen molar-refractivity contribution < 1.29 is 22.7 Å². The lowest BCUT2D eigenvalue weighted by atomic mass is 10.1. The third-order valence-corrected chi connectivity index (χ3v) is 1.93. The zero-order chi connectivity index (χ0) is 11.6. The molecule has 0 unspecified atom stereocenters. The van der Waals surface area contributed by atoms with E-state index < -0.39 is 23.6 Å². The topological polar surface area (TPSA) is 26.3 Å². The van der Waals surface area contributed by atoms with Gasteiger partial charge in [-0.1, -0.05) is 0 Å². The van der Waals surface area contributed by atoms with Crippen molar-refractivity contribution >= 4 is 5.78 Å². The van der Waals surface area contributed by atoms with E-state index in [9.17, 15) is 18.0 Å². The average molecular weight is 218 g/mol. The number of carbonyl (C=O) groups excluding carboxylic acids is 1. The maximum Gasteiger partial charge on any atom is 0.266 e. The second-order valence-corrected chi connectivity index (χ2v) is 2.94. The lowest BCUT2D eigenvalue weighted by molar-refractivity contribution is 0.101. The van der Waals surface area contributed by atoms with Gasteiger partial charge in [0.15, 0.2) is 17.3 Å². The predicted octanol–water partition coefficient (Wildman–Crippen LogP) is 2.97. The molecule has 2 nitrogen and oxygen atoms in total. The normalized spacial score (nSPS) is 10.5. The summed E-state index contributed by atoms with van der Waals surface area (Å²) in [7, 11) is 1.15. The predicted molar refractivity (Wildman–Crippen MR) is 47.9 cm³/mol. The van der Waals surface area contributed by atoms with Crippen molar-refractivity contribution in [3.63, 3.8) is 0 Å². The third-order valence-electron chi connectivity index (χ3n) is 1.93. The molecule has 0 amide bonds. The molecule has 0 heterocycles. The van der Waals surface area contributed by atoms with Crippen LogP contribution in [0.25, 0.3) is 0 Å². The molecule has 0 aromatic heterocycles. The molecule has 0 radical (unpaired) electrons. The molecule has 1 rings (SSSR count). The minimum absolute atomic E-state index is 0.00329. The van der Waals surface area contributed by atoms with Crippen molar-refractivity contribution in [2.75, 3.05) is 7.11 Å². The van der Waals surface area contributed by atoms with Crippen LogP contribution in [0.15, 0.2) is 12.1 Å². The van der Waals surface area contributed by atoms with E-state index in [0.717, 1.165) is 19.2 Å². The second kappa shape index (κ2) is 4.33. The summed E-state index contributed by atoms with van der Waals surface area (Å²) in [5, 5.41) is 0. The number of Topliss-reactive ketones (excluding diaryl/α,β-unsaturated/α-hetero) is 1. The van der Waals surface area contributed by atoms with Gasteiger partial charge in [0.05, 0.1) is 12.7 Å². The van der Waals surface area contributed by atoms with Crippen molar-refractivity contribution in [3.8, 4) is 5.75 Å².